The van der Waals surface area contributed by atoms with Crippen LogP contribution in [0, 0.1) is 0 Å². The quantitative estimate of drug-likeness (QED) is 0.684. The van der Waals surface area contributed by atoms with Gasteiger partial charge < -0.3 is 10.1 Å². The highest BCUT2D eigenvalue weighted by Gasteiger charge is 2.17. The first kappa shape index (κ1) is 18.2. The number of nitrogens with one attached hydrogen (secondary N) is 1. The summed E-state index contributed by atoms with van der Waals surface area (Å²) in [5, 5.41) is 7.81. The van der Waals surface area contributed by atoms with Crippen molar-refractivity contribution >= 4 is 17.0 Å². The summed E-state index contributed by atoms with van der Waals surface area (Å²) in [6.07, 6.45) is 10.4. The molecule has 0 fully saturated rings. The number of rotatable bonds is 8. The molecule has 0 amide bonds. The minimum Gasteiger partial charge on any atom is -0.494 e. The van der Waals surface area contributed by atoms with Gasteiger partial charge in [-0.1, -0.05) is 20.3 Å². The lowest BCUT2D eigenvalue weighted by Gasteiger charge is -2.09. The average molecular weight is 356 g/mol. The fraction of sp³-hybridized carbons (Fsp3) is 0.400. The molecule has 0 aliphatic heterocycles. The van der Waals surface area contributed by atoms with Crippen molar-refractivity contribution in [3.8, 4) is 0 Å². The summed E-state index contributed by atoms with van der Waals surface area (Å²) in [6.45, 7) is 5.67. The molecule has 1 N–H and O–H groups in total. The molecule has 6 heteroatoms. The Labute approximate surface area is 153 Å². The lowest BCUT2D eigenvalue weighted by Crippen LogP contribution is -2.06. The van der Waals surface area contributed by atoms with E-state index in [2.05, 4.69) is 29.2 Å². The van der Waals surface area contributed by atoms with E-state index >= 15 is 0 Å². The number of nitrogens with zero attached hydrogens (tertiary/aromatic N) is 3. The van der Waals surface area contributed by atoms with Crippen LogP contribution in [0.25, 0.3) is 11.2 Å². The van der Waals surface area contributed by atoms with Gasteiger partial charge in [-0.15, -0.1) is 5.10 Å². The Hall–Kier alpha value is -2.63. The Morgan fingerprint density at radius 2 is 2.12 bits per heavy atom. The largest absolute Gasteiger partial charge is 0.494 e. The molecule has 1 aliphatic rings. The van der Waals surface area contributed by atoms with Gasteiger partial charge in [0, 0.05) is 12.1 Å². The number of unbranched alkanes of at least 4 members (excludes halogenated alkanes) is 1. The molecule has 0 spiro atoms. The first-order chi connectivity index (χ1) is 12.7. The summed E-state index contributed by atoms with van der Waals surface area (Å²) in [5.41, 5.74) is 1.73. The number of aromatic nitrogens is 3. The SMILES string of the molecule is CCCCOC1=CCC=C(F)C(c2cnc3ccc(NCCC)nn23)=C1. The van der Waals surface area contributed by atoms with Crippen molar-refractivity contribution in [3.63, 3.8) is 0 Å². The summed E-state index contributed by atoms with van der Waals surface area (Å²) in [6, 6.07) is 3.76. The molecule has 0 saturated carbocycles. The standard InChI is InChI=1S/C20H25FN4O/c1-3-5-12-26-15-7-6-8-17(21)16(13-15)18-14-23-20-10-9-19(22-11-4-2)24-25(18)20/h7-10,13-14H,3-6,11-12H2,1-2H3,(H,22,24). The van der Waals surface area contributed by atoms with Gasteiger partial charge in [0.1, 0.15) is 17.4 Å². The van der Waals surface area contributed by atoms with E-state index in [9.17, 15) is 4.39 Å². The normalized spacial score (nSPS) is 14.5. The van der Waals surface area contributed by atoms with Gasteiger partial charge in [0.15, 0.2) is 5.65 Å². The van der Waals surface area contributed by atoms with E-state index in [4.69, 9.17) is 4.74 Å². The number of anilines is 1. The van der Waals surface area contributed by atoms with Crippen LogP contribution in [0.3, 0.4) is 0 Å². The van der Waals surface area contributed by atoms with Crippen LogP contribution in [-0.2, 0) is 4.74 Å². The molecule has 2 aromatic heterocycles. The molecule has 3 rings (SSSR count). The van der Waals surface area contributed by atoms with Crippen molar-refractivity contribution in [2.75, 3.05) is 18.5 Å². The van der Waals surface area contributed by atoms with Crippen molar-refractivity contribution in [1.29, 1.82) is 0 Å². The predicted octanol–water partition coefficient (Wildman–Crippen LogP) is 4.89. The maximum Gasteiger partial charge on any atom is 0.154 e. The third-order valence-corrected chi connectivity index (χ3v) is 4.12. The molecule has 2 aromatic rings. The first-order valence-electron chi connectivity index (χ1n) is 9.22. The second-order valence-electron chi connectivity index (χ2n) is 6.21. The molecule has 26 heavy (non-hydrogen) atoms. The number of halogens is 1. The summed E-state index contributed by atoms with van der Waals surface area (Å²) in [5.74, 6) is 1.14. The van der Waals surface area contributed by atoms with Gasteiger partial charge in [0.25, 0.3) is 0 Å². The number of allylic oxidation sites excluding steroid dienone is 5. The van der Waals surface area contributed by atoms with Crippen molar-refractivity contribution in [2.24, 2.45) is 0 Å². The van der Waals surface area contributed by atoms with Gasteiger partial charge in [-0.05, 0) is 49.6 Å². The second-order valence-corrected chi connectivity index (χ2v) is 6.21. The third kappa shape index (κ3) is 4.12. The molecule has 0 saturated heterocycles. The lowest BCUT2D eigenvalue weighted by molar-refractivity contribution is 0.219. The van der Waals surface area contributed by atoms with Crippen LogP contribution >= 0.6 is 0 Å². The monoisotopic (exact) mass is 356 g/mol. The van der Waals surface area contributed by atoms with Gasteiger partial charge in [0.05, 0.1) is 18.5 Å². The highest BCUT2D eigenvalue weighted by atomic mass is 19.1. The molecule has 0 bridgehead atoms. The van der Waals surface area contributed by atoms with E-state index in [1.165, 1.54) is 0 Å². The minimum atomic E-state index is -0.286. The Morgan fingerprint density at radius 3 is 2.92 bits per heavy atom. The van der Waals surface area contributed by atoms with Crippen molar-refractivity contribution < 1.29 is 9.13 Å². The van der Waals surface area contributed by atoms with Gasteiger partial charge in [-0.3, -0.25) is 0 Å². The first-order valence-corrected chi connectivity index (χ1v) is 9.22. The van der Waals surface area contributed by atoms with Crippen molar-refractivity contribution in [2.45, 2.75) is 39.5 Å². The summed E-state index contributed by atoms with van der Waals surface area (Å²) < 4.78 is 22.1. The van der Waals surface area contributed by atoms with Gasteiger partial charge in [0.2, 0.25) is 0 Å². The van der Waals surface area contributed by atoms with Gasteiger partial charge in [-0.2, -0.15) is 0 Å². The number of hydrogen-bond acceptors (Lipinski definition) is 4. The van der Waals surface area contributed by atoms with E-state index in [0.29, 0.717) is 35.7 Å². The van der Waals surface area contributed by atoms with Crippen LogP contribution in [0.5, 0.6) is 0 Å². The fourth-order valence-electron chi connectivity index (χ4n) is 2.69. The van der Waals surface area contributed by atoms with Gasteiger partial charge in [-0.25, -0.2) is 13.9 Å². The van der Waals surface area contributed by atoms with E-state index in [1.807, 2.05) is 18.2 Å². The van der Waals surface area contributed by atoms with Crippen LogP contribution in [-0.4, -0.2) is 27.7 Å². The maximum atomic E-state index is 14.7. The Balaban J connectivity index is 1.95. The van der Waals surface area contributed by atoms with Crippen molar-refractivity contribution in [1.82, 2.24) is 14.6 Å². The third-order valence-electron chi connectivity index (χ3n) is 4.12. The predicted molar refractivity (Wildman–Crippen MR) is 102 cm³/mol. The second kappa shape index (κ2) is 8.65. The molecular formula is C20H25FN4O. The molecule has 0 radical (unpaired) electrons. The van der Waals surface area contributed by atoms with Crippen molar-refractivity contribution in [3.05, 3.63) is 53.8 Å². The molecule has 0 atom stereocenters. The molecule has 5 nitrogen and oxygen atoms in total. The summed E-state index contributed by atoms with van der Waals surface area (Å²) in [7, 11) is 0. The van der Waals surface area contributed by atoms with E-state index in [0.717, 1.165) is 31.6 Å². The van der Waals surface area contributed by atoms with Crippen LogP contribution < -0.4 is 5.32 Å². The molecule has 138 valence electrons. The maximum absolute atomic E-state index is 14.7. The lowest BCUT2D eigenvalue weighted by atomic mass is 10.1. The zero-order valence-electron chi connectivity index (χ0n) is 15.3. The summed E-state index contributed by atoms with van der Waals surface area (Å²) in [4.78, 5) is 4.36. The van der Waals surface area contributed by atoms with E-state index in [-0.39, 0.29) is 5.83 Å². The Bertz CT molecular complexity index is 851. The fourth-order valence-corrected chi connectivity index (χ4v) is 2.69. The van der Waals surface area contributed by atoms with Crippen LogP contribution in [0.1, 0.15) is 45.2 Å². The Kier molecular flexibility index (Phi) is 6.04. The van der Waals surface area contributed by atoms with Gasteiger partial charge >= 0.3 is 0 Å². The molecule has 2 heterocycles. The molecular weight excluding hydrogens is 331 g/mol. The van der Waals surface area contributed by atoms with Crippen LogP contribution in [0.2, 0.25) is 0 Å². The van der Waals surface area contributed by atoms with E-state index < -0.39 is 0 Å². The highest BCUT2D eigenvalue weighted by molar-refractivity contribution is 5.78. The summed E-state index contributed by atoms with van der Waals surface area (Å²) >= 11 is 0. The highest BCUT2D eigenvalue weighted by Crippen LogP contribution is 2.29. The van der Waals surface area contributed by atoms with E-state index in [1.54, 1.807) is 22.9 Å². The number of imidazole rings is 1. The smallest absolute Gasteiger partial charge is 0.154 e. The number of ether oxygens (including phenoxy) is 1. The zero-order valence-corrected chi connectivity index (χ0v) is 15.3. The number of fused-ring (bicyclic) bond motifs is 1. The molecule has 0 unspecified atom stereocenters. The average Bonchev–Trinajstić information content (AvgIpc) is 2.97. The number of hydrogen-bond donors (Lipinski definition) is 1. The van der Waals surface area contributed by atoms with Crippen LogP contribution in [0.15, 0.2) is 48.1 Å². The topological polar surface area (TPSA) is 51.5 Å². The molecule has 1 aliphatic carbocycles. The molecule has 0 aromatic carbocycles. The zero-order chi connectivity index (χ0) is 18.4. The minimum absolute atomic E-state index is 0.286. The Morgan fingerprint density at radius 1 is 1.23 bits per heavy atom. The van der Waals surface area contributed by atoms with Crippen LogP contribution in [0.4, 0.5) is 10.2 Å².